The molecule has 4 rings (SSSR count). The fourth-order valence-corrected chi connectivity index (χ4v) is 4.56. The first-order valence-electron chi connectivity index (χ1n) is 7.82. The Balaban J connectivity index is 1.45. The van der Waals surface area contributed by atoms with Crippen molar-refractivity contribution in [3.05, 3.63) is 29.8 Å². The highest BCUT2D eigenvalue weighted by Crippen LogP contribution is 2.55. The van der Waals surface area contributed by atoms with E-state index in [0.29, 0.717) is 17.3 Å². The Morgan fingerprint density at radius 3 is 2.81 bits per heavy atom. The molecule has 2 saturated carbocycles. The van der Waals surface area contributed by atoms with Crippen molar-refractivity contribution in [3.63, 3.8) is 0 Å². The number of rotatable bonds is 2. The van der Waals surface area contributed by atoms with Crippen molar-refractivity contribution >= 4 is 17.5 Å². The molecule has 0 spiro atoms. The quantitative estimate of drug-likeness (QED) is 0.848. The highest BCUT2D eigenvalue weighted by atomic mass is 16.2. The van der Waals surface area contributed by atoms with Crippen LogP contribution in [0.15, 0.2) is 24.3 Å². The zero-order valence-corrected chi connectivity index (χ0v) is 12.2. The van der Waals surface area contributed by atoms with E-state index in [-0.39, 0.29) is 11.8 Å². The monoisotopic (exact) mass is 284 g/mol. The van der Waals surface area contributed by atoms with Crippen LogP contribution in [0.25, 0.3) is 0 Å². The molecule has 110 valence electrons. The van der Waals surface area contributed by atoms with Gasteiger partial charge in [-0.15, -0.1) is 0 Å². The Bertz CT molecular complexity index is 611. The number of hydrogen-bond donors (Lipinski definition) is 1. The molecule has 2 bridgehead atoms. The number of anilines is 1. The van der Waals surface area contributed by atoms with Crippen molar-refractivity contribution in [2.75, 3.05) is 11.9 Å². The van der Waals surface area contributed by atoms with Gasteiger partial charge in [-0.25, -0.2) is 4.79 Å². The van der Waals surface area contributed by atoms with Crippen molar-refractivity contribution < 1.29 is 9.59 Å². The predicted octanol–water partition coefficient (Wildman–Crippen LogP) is 3.15. The highest BCUT2D eigenvalue weighted by molar-refractivity contribution is 5.97. The minimum absolute atomic E-state index is 0.00972. The summed E-state index contributed by atoms with van der Waals surface area (Å²) < 4.78 is 0. The van der Waals surface area contributed by atoms with E-state index < -0.39 is 0 Å². The molecule has 4 heteroatoms. The Hall–Kier alpha value is -1.84. The van der Waals surface area contributed by atoms with Gasteiger partial charge in [-0.05, 0) is 50.2 Å². The number of urea groups is 1. The van der Waals surface area contributed by atoms with Crippen LogP contribution in [0.1, 0.15) is 36.5 Å². The molecule has 3 fully saturated rings. The van der Waals surface area contributed by atoms with Crippen LogP contribution in [0.3, 0.4) is 0 Å². The third-order valence-corrected chi connectivity index (χ3v) is 5.59. The number of hydrogen-bond acceptors (Lipinski definition) is 2. The summed E-state index contributed by atoms with van der Waals surface area (Å²) in [5.41, 5.74) is 1.34. The maximum absolute atomic E-state index is 12.4. The lowest BCUT2D eigenvalue weighted by Crippen LogP contribution is -2.61. The largest absolute Gasteiger partial charge is 0.322 e. The van der Waals surface area contributed by atoms with Gasteiger partial charge in [0.25, 0.3) is 0 Å². The Morgan fingerprint density at radius 2 is 2.05 bits per heavy atom. The van der Waals surface area contributed by atoms with Gasteiger partial charge >= 0.3 is 6.03 Å². The summed E-state index contributed by atoms with van der Waals surface area (Å²) in [4.78, 5) is 25.8. The highest BCUT2D eigenvalue weighted by Gasteiger charge is 2.57. The smallest absolute Gasteiger partial charge is 0.321 e. The summed E-state index contributed by atoms with van der Waals surface area (Å²) in [5, 5.41) is 2.95. The van der Waals surface area contributed by atoms with E-state index in [4.69, 9.17) is 0 Å². The lowest BCUT2D eigenvalue weighted by atomic mass is 9.77. The molecule has 4 nitrogen and oxygen atoms in total. The number of nitrogens with one attached hydrogen (secondary N) is 1. The summed E-state index contributed by atoms with van der Waals surface area (Å²) in [6, 6.07) is 7.63. The van der Waals surface area contributed by atoms with Gasteiger partial charge in [0.1, 0.15) is 0 Å². The normalized spacial score (nSPS) is 32.5. The van der Waals surface area contributed by atoms with E-state index >= 15 is 0 Å². The first-order valence-corrected chi connectivity index (χ1v) is 7.82. The predicted molar refractivity (Wildman–Crippen MR) is 80.3 cm³/mol. The molecule has 1 heterocycles. The fourth-order valence-electron chi connectivity index (χ4n) is 4.56. The second kappa shape index (κ2) is 4.58. The van der Waals surface area contributed by atoms with Gasteiger partial charge in [0.15, 0.2) is 5.78 Å². The van der Waals surface area contributed by atoms with E-state index in [1.807, 2.05) is 17.0 Å². The summed E-state index contributed by atoms with van der Waals surface area (Å²) in [7, 11) is 0. The van der Waals surface area contributed by atoms with Crippen molar-refractivity contribution in [3.8, 4) is 0 Å². The summed E-state index contributed by atoms with van der Waals surface area (Å²) in [5.74, 6) is 2.36. The van der Waals surface area contributed by atoms with Crippen molar-refractivity contribution in [2.45, 2.75) is 32.2 Å². The standard InChI is InChI=1S/C17H20N2O2/c1-10(20)11-3-2-4-14(8-11)18-17(21)19-9-15-12-5-6-13(7-12)16(15)19/h2-4,8,12-13,15-16H,5-7,9H2,1H3,(H,18,21). The summed E-state index contributed by atoms with van der Waals surface area (Å²) >= 11 is 0. The van der Waals surface area contributed by atoms with Gasteiger partial charge in [0.2, 0.25) is 0 Å². The van der Waals surface area contributed by atoms with Gasteiger partial charge in [-0.1, -0.05) is 12.1 Å². The molecule has 1 N–H and O–H groups in total. The van der Waals surface area contributed by atoms with Crippen LogP contribution in [0.4, 0.5) is 10.5 Å². The van der Waals surface area contributed by atoms with Gasteiger partial charge in [-0.3, -0.25) is 4.79 Å². The topological polar surface area (TPSA) is 49.4 Å². The van der Waals surface area contributed by atoms with Crippen LogP contribution in [0.5, 0.6) is 0 Å². The van der Waals surface area contributed by atoms with Crippen molar-refractivity contribution in [2.24, 2.45) is 17.8 Å². The van der Waals surface area contributed by atoms with Gasteiger partial charge in [-0.2, -0.15) is 0 Å². The van der Waals surface area contributed by atoms with Crippen LogP contribution in [-0.4, -0.2) is 29.3 Å². The van der Waals surface area contributed by atoms with Gasteiger partial charge < -0.3 is 10.2 Å². The second-order valence-electron chi connectivity index (χ2n) is 6.71. The third kappa shape index (κ3) is 1.96. The Kier molecular flexibility index (Phi) is 2.81. The number of ketones is 1. The molecule has 2 aliphatic carbocycles. The molecule has 4 unspecified atom stereocenters. The summed E-state index contributed by atoms with van der Waals surface area (Å²) in [6.07, 6.45) is 3.97. The molecular weight excluding hydrogens is 264 g/mol. The molecule has 2 amide bonds. The van der Waals surface area contributed by atoms with Crippen molar-refractivity contribution in [1.82, 2.24) is 4.90 Å². The maximum Gasteiger partial charge on any atom is 0.322 e. The van der Waals surface area contributed by atoms with Crippen LogP contribution < -0.4 is 5.32 Å². The first-order chi connectivity index (χ1) is 10.1. The minimum Gasteiger partial charge on any atom is -0.321 e. The van der Waals surface area contributed by atoms with Gasteiger partial charge in [0.05, 0.1) is 0 Å². The third-order valence-electron chi connectivity index (χ3n) is 5.59. The molecular formula is C17H20N2O2. The molecule has 1 aromatic carbocycles. The minimum atomic E-state index is -0.00972. The van der Waals surface area contributed by atoms with Crippen LogP contribution in [0, 0.1) is 17.8 Å². The second-order valence-corrected chi connectivity index (χ2v) is 6.71. The molecule has 4 atom stereocenters. The Morgan fingerprint density at radius 1 is 1.24 bits per heavy atom. The van der Waals surface area contributed by atoms with E-state index in [9.17, 15) is 9.59 Å². The lowest BCUT2D eigenvalue weighted by molar-refractivity contribution is 0.0177. The maximum atomic E-state index is 12.4. The zero-order chi connectivity index (χ0) is 14.6. The van der Waals surface area contributed by atoms with Crippen LogP contribution in [0.2, 0.25) is 0 Å². The molecule has 0 radical (unpaired) electrons. The molecule has 1 aromatic rings. The molecule has 3 aliphatic rings. The number of amides is 2. The number of Topliss-reactive ketones (excluding diaryl/α,β-unsaturated/α-hetero) is 1. The van der Waals surface area contributed by atoms with E-state index in [2.05, 4.69) is 5.32 Å². The van der Waals surface area contributed by atoms with Crippen LogP contribution in [-0.2, 0) is 0 Å². The lowest BCUT2D eigenvalue weighted by Gasteiger charge is -2.50. The van der Waals surface area contributed by atoms with Gasteiger partial charge in [0, 0.05) is 29.8 Å². The van der Waals surface area contributed by atoms with E-state index in [1.54, 1.807) is 12.1 Å². The molecule has 1 aliphatic heterocycles. The van der Waals surface area contributed by atoms with E-state index in [0.717, 1.165) is 24.3 Å². The van der Waals surface area contributed by atoms with Crippen LogP contribution >= 0.6 is 0 Å². The zero-order valence-electron chi connectivity index (χ0n) is 12.2. The summed E-state index contributed by atoms with van der Waals surface area (Å²) in [6.45, 7) is 2.44. The number of benzene rings is 1. The van der Waals surface area contributed by atoms with Crippen molar-refractivity contribution in [1.29, 1.82) is 0 Å². The fraction of sp³-hybridized carbons (Fsp3) is 0.529. The first kappa shape index (κ1) is 12.9. The molecule has 0 aromatic heterocycles. The number of fused-ring (bicyclic) bond motifs is 5. The SMILES string of the molecule is CC(=O)c1cccc(NC(=O)N2CC3C4CCC(C4)C32)c1. The Labute approximate surface area is 124 Å². The molecule has 1 saturated heterocycles. The number of nitrogens with zero attached hydrogens (tertiary/aromatic N) is 1. The number of carbonyl (C=O) groups excluding carboxylic acids is 2. The average molecular weight is 284 g/mol. The number of carbonyl (C=O) groups is 2. The molecule has 21 heavy (non-hydrogen) atoms. The van der Waals surface area contributed by atoms with E-state index in [1.165, 1.54) is 26.2 Å². The number of likely N-dealkylation sites (tertiary alicyclic amines) is 1. The average Bonchev–Trinajstić information content (AvgIpc) is 2.95.